The topological polar surface area (TPSA) is 79.5 Å². The van der Waals surface area contributed by atoms with Gasteiger partial charge in [-0.15, -0.1) is 0 Å². The Kier molecular flexibility index (Phi) is 3.68. The Morgan fingerprint density at radius 3 is 2.09 bits per heavy atom. The molecule has 3 rings (SSSR count). The van der Waals surface area contributed by atoms with Gasteiger partial charge in [0.1, 0.15) is 5.56 Å². The number of benzene rings is 2. The first-order chi connectivity index (χ1) is 11.1. The van der Waals surface area contributed by atoms with Gasteiger partial charge in [-0.3, -0.25) is 4.79 Å². The lowest BCUT2D eigenvalue weighted by atomic mass is 10.1. The van der Waals surface area contributed by atoms with Gasteiger partial charge in [0.15, 0.2) is 5.75 Å². The van der Waals surface area contributed by atoms with Gasteiger partial charge in [0.25, 0.3) is 0 Å². The first-order valence-corrected chi connectivity index (χ1v) is 6.90. The van der Waals surface area contributed by atoms with E-state index in [0.717, 1.165) is 11.1 Å². The molecular weight excluding hydrogens is 294 g/mol. The van der Waals surface area contributed by atoms with Crippen molar-refractivity contribution in [2.24, 2.45) is 0 Å². The predicted octanol–water partition coefficient (Wildman–Crippen LogP) is 2.91. The summed E-state index contributed by atoms with van der Waals surface area (Å²) in [5.74, 6) is -1.97. The number of pyridine rings is 1. The molecule has 2 N–H and O–H groups in total. The third-order valence-electron chi connectivity index (χ3n) is 3.51. The van der Waals surface area contributed by atoms with E-state index in [1.165, 1.54) is 17.0 Å². The molecule has 0 atom stereocenters. The lowest BCUT2D eigenvalue weighted by Crippen LogP contribution is -2.16. The summed E-state index contributed by atoms with van der Waals surface area (Å²) in [5.41, 5.74) is 1.35. The summed E-state index contributed by atoms with van der Waals surface area (Å²) < 4.78 is 1.41. The van der Waals surface area contributed by atoms with E-state index in [-0.39, 0.29) is 0 Å². The standard InChI is InChI=1S/C18H13NO4/c20-16-11-19(10-15(17(16)21)18(22)23)14-8-6-13(7-9-14)12-4-2-1-3-5-12/h1-11,20H,(H,22,23). The van der Waals surface area contributed by atoms with Crippen LogP contribution in [-0.4, -0.2) is 20.7 Å². The smallest absolute Gasteiger partial charge is 0.341 e. The second kappa shape index (κ2) is 5.81. The minimum absolute atomic E-state index is 0.475. The first kappa shape index (κ1) is 14.6. The fourth-order valence-corrected chi connectivity index (χ4v) is 2.32. The van der Waals surface area contributed by atoms with Crippen molar-refractivity contribution in [1.82, 2.24) is 4.57 Å². The van der Waals surface area contributed by atoms with E-state index >= 15 is 0 Å². The molecule has 5 heteroatoms. The van der Waals surface area contributed by atoms with Gasteiger partial charge in [0.2, 0.25) is 5.43 Å². The summed E-state index contributed by atoms with van der Waals surface area (Å²) in [6, 6.07) is 17.2. The number of aromatic hydroxyl groups is 1. The van der Waals surface area contributed by atoms with Crippen LogP contribution in [0.4, 0.5) is 0 Å². The normalized spacial score (nSPS) is 10.4. The van der Waals surface area contributed by atoms with Crippen molar-refractivity contribution in [1.29, 1.82) is 0 Å². The van der Waals surface area contributed by atoms with Gasteiger partial charge in [-0.1, -0.05) is 42.5 Å². The number of hydrogen-bond acceptors (Lipinski definition) is 3. The van der Waals surface area contributed by atoms with Crippen molar-refractivity contribution in [2.45, 2.75) is 0 Å². The minimum atomic E-state index is -1.37. The van der Waals surface area contributed by atoms with E-state index in [9.17, 15) is 14.7 Å². The Labute approximate surface area is 131 Å². The maximum Gasteiger partial charge on any atom is 0.341 e. The fourth-order valence-electron chi connectivity index (χ4n) is 2.32. The van der Waals surface area contributed by atoms with E-state index in [0.29, 0.717) is 5.69 Å². The predicted molar refractivity (Wildman–Crippen MR) is 86.1 cm³/mol. The van der Waals surface area contributed by atoms with Crippen molar-refractivity contribution < 1.29 is 15.0 Å². The molecular formula is C18H13NO4. The van der Waals surface area contributed by atoms with Gasteiger partial charge in [-0.25, -0.2) is 4.79 Å². The molecule has 3 aromatic rings. The molecule has 5 nitrogen and oxygen atoms in total. The highest BCUT2D eigenvalue weighted by Gasteiger charge is 2.13. The Balaban J connectivity index is 2.03. The lowest BCUT2D eigenvalue weighted by Gasteiger charge is -2.09. The average Bonchev–Trinajstić information content (AvgIpc) is 2.58. The first-order valence-electron chi connectivity index (χ1n) is 6.90. The van der Waals surface area contributed by atoms with Crippen LogP contribution >= 0.6 is 0 Å². The molecule has 0 spiro atoms. The monoisotopic (exact) mass is 307 g/mol. The molecule has 0 fully saturated rings. The van der Waals surface area contributed by atoms with Crippen LogP contribution in [0.3, 0.4) is 0 Å². The summed E-state index contributed by atoms with van der Waals surface area (Å²) in [6.45, 7) is 0. The quantitative estimate of drug-likeness (QED) is 0.779. The largest absolute Gasteiger partial charge is 0.503 e. The zero-order valence-electron chi connectivity index (χ0n) is 12.0. The third-order valence-corrected chi connectivity index (χ3v) is 3.51. The van der Waals surface area contributed by atoms with Crippen LogP contribution in [0.1, 0.15) is 10.4 Å². The van der Waals surface area contributed by atoms with Gasteiger partial charge in [-0.2, -0.15) is 0 Å². The molecule has 0 bridgehead atoms. The summed E-state index contributed by atoms with van der Waals surface area (Å²) >= 11 is 0. The highest BCUT2D eigenvalue weighted by Crippen LogP contribution is 2.21. The van der Waals surface area contributed by atoms with E-state index in [4.69, 9.17) is 5.11 Å². The van der Waals surface area contributed by atoms with E-state index in [1.807, 2.05) is 42.5 Å². The van der Waals surface area contributed by atoms with Crippen molar-refractivity contribution in [3.8, 4) is 22.6 Å². The summed E-state index contributed by atoms with van der Waals surface area (Å²) in [7, 11) is 0. The molecule has 0 amide bonds. The van der Waals surface area contributed by atoms with E-state index in [1.54, 1.807) is 12.1 Å². The summed E-state index contributed by atoms with van der Waals surface area (Å²) in [5, 5.41) is 18.7. The number of carboxylic acid groups (broad SMARTS) is 1. The molecule has 0 aliphatic heterocycles. The Morgan fingerprint density at radius 2 is 1.48 bits per heavy atom. The second-order valence-corrected chi connectivity index (χ2v) is 5.01. The minimum Gasteiger partial charge on any atom is -0.503 e. The van der Waals surface area contributed by atoms with Crippen LogP contribution in [0.5, 0.6) is 5.75 Å². The van der Waals surface area contributed by atoms with Crippen LogP contribution in [0.25, 0.3) is 16.8 Å². The Bertz CT molecular complexity index is 912. The second-order valence-electron chi connectivity index (χ2n) is 5.01. The van der Waals surface area contributed by atoms with Gasteiger partial charge in [0.05, 0.1) is 6.20 Å². The highest BCUT2D eigenvalue weighted by atomic mass is 16.4. The van der Waals surface area contributed by atoms with Gasteiger partial charge in [0, 0.05) is 11.9 Å². The SMILES string of the molecule is O=C(O)c1cn(-c2ccc(-c3ccccc3)cc2)cc(O)c1=O. The number of carboxylic acids is 1. The number of rotatable bonds is 3. The summed E-state index contributed by atoms with van der Waals surface area (Å²) in [6.07, 6.45) is 2.40. The molecule has 23 heavy (non-hydrogen) atoms. The van der Waals surface area contributed by atoms with Gasteiger partial charge >= 0.3 is 5.97 Å². The number of aromatic nitrogens is 1. The number of carbonyl (C=O) groups is 1. The maximum atomic E-state index is 11.6. The maximum absolute atomic E-state index is 11.6. The van der Waals surface area contributed by atoms with Crippen molar-refractivity contribution >= 4 is 5.97 Å². The molecule has 0 saturated carbocycles. The van der Waals surface area contributed by atoms with Crippen molar-refractivity contribution in [3.63, 3.8) is 0 Å². The summed E-state index contributed by atoms with van der Waals surface area (Å²) in [4.78, 5) is 22.7. The molecule has 2 aromatic carbocycles. The number of hydrogen-bond donors (Lipinski definition) is 2. The van der Waals surface area contributed by atoms with Gasteiger partial charge < -0.3 is 14.8 Å². The van der Waals surface area contributed by atoms with Crippen LogP contribution < -0.4 is 5.43 Å². The molecule has 0 aliphatic carbocycles. The third kappa shape index (κ3) is 2.85. The lowest BCUT2D eigenvalue weighted by molar-refractivity contribution is 0.0694. The molecule has 0 radical (unpaired) electrons. The van der Waals surface area contributed by atoms with Crippen LogP contribution in [0.2, 0.25) is 0 Å². The van der Waals surface area contributed by atoms with Crippen molar-refractivity contribution in [3.05, 3.63) is 82.8 Å². The molecule has 0 aliphatic rings. The molecule has 0 saturated heterocycles. The Morgan fingerprint density at radius 1 is 0.870 bits per heavy atom. The van der Waals surface area contributed by atoms with Crippen LogP contribution in [0.15, 0.2) is 71.8 Å². The van der Waals surface area contributed by atoms with Crippen LogP contribution in [0, 0.1) is 0 Å². The fraction of sp³-hybridized carbons (Fsp3) is 0. The van der Waals surface area contributed by atoms with E-state index < -0.39 is 22.7 Å². The van der Waals surface area contributed by atoms with E-state index in [2.05, 4.69) is 0 Å². The highest BCUT2D eigenvalue weighted by molar-refractivity contribution is 5.87. The molecule has 1 aromatic heterocycles. The van der Waals surface area contributed by atoms with Crippen molar-refractivity contribution in [2.75, 3.05) is 0 Å². The average molecular weight is 307 g/mol. The number of nitrogens with zero attached hydrogens (tertiary/aromatic N) is 1. The zero-order chi connectivity index (χ0) is 16.4. The van der Waals surface area contributed by atoms with Gasteiger partial charge in [-0.05, 0) is 23.3 Å². The Hall–Kier alpha value is -3.34. The van der Waals surface area contributed by atoms with Crippen LogP contribution in [-0.2, 0) is 0 Å². The number of aromatic carboxylic acids is 1. The molecule has 114 valence electrons. The molecule has 1 heterocycles. The molecule has 0 unspecified atom stereocenters. The zero-order valence-corrected chi connectivity index (χ0v) is 12.0.